The Morgan fingerprint density at radius 1 is 1.08 bits per heavy atom. The molecule has 0 saturated carbocycles. The maximum Gasteiger partial charge on any atom is 0.180 e. The number of rotatable bonds is 5. The van der Waals surface area contributed by atoms with Crippen molar-refractivity contribution < 1.29 is 9.47 Å². The van der Waals surface area contributed by atoms with E-state index < -0.39 is 0 Å². The van der Waals surface area contributed by atoms with Crippen molar-refractivity contribution in [2.24, 2.45) is 4.99 Å². The summed E-state index contributed by atoms with van der Waals surface area (Å²) in [6, 6.07) is 9.11. The third kappa shape index (κ3) is 3.94. The van der Waals surface area contributed by atoms with Crippen LogP contribution in [0.3, 0.4) is 0 Å². The van der Waals surface area contributed by atoms with Crippen molar-refractivity contribution >= 4 is 51.6 Å². The van der Waals surface area contributed by atoms with Gasteiger partial charge in [-0.3, -0.25) is 4.99 Å². The maximum absolute atomic E-state index is 6.40. The van der Waals surface area contributed by atoms with Crippen LogP contribution in [0.1, 0.15) is 11.1 Å². The summed E-state index contributed by atoms with van der Waals surface area (Å²) >= 11 is 20.1. The van der Waals surface area contributed by atoms with Gasteiger partial charge in [-0.2, -0.15) is 0 Å². The normalized spacial score (nSPS) is 13.8. The molecule has 0 N–H and O–H groups in total. The first kappa shape index (κ1) is 17.7. The van der Waals surface area contributed by atoms with Crippen LogP contribution in [0.5, 0.6) is 11.5 Å². The summed E-state index contributed by atoms with van der Waals surface area (Å²) in [6.45, 7) is 1.14. The molecule has 3 rings (SSSR count). The molecule has 0 spiro atoms. The van der Waals surface area contributed by atoms with Crippen molar-refractivity contribution in [3.05, 3.63) is 56.5 Å². The molecule has 126 valence electrons. The van der Waals surface area contributed by atoms with Gasteiger partial charge in [-0.05, 0) is 29.8 Å². The molecule has 0 aromatic heterocycles. The highest BCUT2D eigenvalue weighted by Gasteiger charge is 2.17. The summed E-state index contributed by atoms with van der Waals surface area (Å²) in [4.78, 5) is 4.46. The molecule has 0 aliphatic carbocycles. The summed E-state index contributed by atoms with van der Waals surface area (Å²) in [5.41, 5.74) is 1.84. The predicted molar refractivity (Wildman–Crippen MR) is 103 cm³/mol. The number of hydrogen-bond acceptors (Lipinski definition) is 4. The Morgan fingerprint density at radius 3 is 2.58 bits per heavy atom. The first-order chi connectivity index (χ1) is 11.6. The van der Waals surface area contributed by atoms with Gasteiger partial charge in [-0.25, -0.2) is 0 Å². The first-order valence-corrected chi connectivity index (χ1v) is 9.32. The zero-order chi connectivity index (χ0) is 17.1. The van der Waals surface area contributed by atoms with E-state index >= 15 is 0 Å². The van der Waals surface area contributed by atoms with E-state index in [2.05, 4.69) is 4.99 Å². The molecule has 0 radical (unpaired) electrons. The van der Waals surface area contributed by atoms with Gasteiger partial charge in [0, 0.05) is 17.9 Å². The number of thioether (sulfide) groups is 1. The third-order valence-corrected chi connectivity index (χ3v) is 5.47. The van der Waals surface area contributed by atoms with Gasteiger partial charge < -0.3 is 9.47 Å². The van der Waals surface area contributed by atoms with E-state index in [4.69, 9.17) is 44.3 Å². The van der Waals surface area contributed by atoms with Crippen molar-refractivity contribution in [2.75, 3.05) is 19.4 Å². The second-order valence-corrected chi connectivity index (χ2v) is 7.37. The van der Waals surface area contributed by atoms with Gasteiger partial charge >= 0.3 is 0 Å². The molecule has 24 heavy (non-hydrogen) atoms. The van der Waals surface area contributed by atoms with Crippen LogP contribution < -0.4 is 9.47 Å². The minimum atomic E-state index is 0.308. The average molecular weight is 403 g/mol. The maximum atomic E-state index is 6.40. The van der Waals surface area contributed by atoms with Gasteiger partial charge in [0.2, 0.25) is 0 Å². The molecule has 1 aliphatic heterocycles. The molecule has 0 saturated heterocycles. The van der Waals surface area contributed by atoms with Crippen molar-refractivity contribution in [1.29, 1.82) is 0 Å². The fourth-order valence-electron chi connectivity index (χ4n) is 2.28. The van der Waals surface area contributed by atoms with E-state index in [1.165, 1.54) is 0 Å². The van der Waals surface area contributed by atoms with Gasteiger partial charge in [-0.15, -0.1) is 11.8 Å². The van der Waals surface area contributed by atoms with Gasteiger partial charge in [0.1, 0.15) is 6.61 Å². The van der Waals surface area contributed by atoms with Crippen LogP contribution in [0.4, 0.5) is 0 Å². The minimum Gasteiger partial charge on any atom is -0.493 e. The highest BCUT2D eigenvalue weighted by molar-refractivity contribution is 8.14. The van der Waals surface area contributed by atoms with Crippen molar-refractivity contribution in [3.63, 3.8) is 0 Å². The van der Waals surface area contributed by atoms with Gasteiger partial charge in [0.25, 0.3) is 0 Å². The van der Waals surface area contributed by atoms with E-state index in [1.54, 1.807) is 31.0 Å². The minimum absolute atomic E-state index is 0.308. The van der Waals surface area contributed by atoms with Crippen LogP contribution in [-0.2, 0) is 6.61 Å². The molecular formula is C17H14Cl3NO2S. The van der Waals surface area contributed by atoms with Crippen LogP contribution in [0, 0.1) is 0 Å². The lowest BCUT2D eigenvalue weighted by molar-refractivity contribution is 0.284. The van der Waals surface area contributed by atoms with E-state index in [1.807, 2.05) is 18.2 Å². The number of benzene rings is 2. The van der Waals surface area contributed by atoms with Crippen molar-refractivity contribution in [2.45, 2.75) is 6.61 Å². The highest BCUT2D eigenvalue weighted by atomic mass is 35.5. The van der Waals surface area contributed by atoms with E-state index in [9.17, 15) is 0 Å². The lowest BCUT2D eigenvalue weighted by Crippen LogP contribution is -2.01. The summed E-state index contributed by atoms with van der Waals surface area (Å²) in [5, 5.41) is 2.46. The molecule has 0 atom stereocenters. The van der Waals surface area contributed by atoms with Crippen LogP contribution in [0.15, 0.2) is 35.3 Å². The number of nitrogens with zero attached hydrogens (tertiary/aromatic N) is 1. The second kappa shape index (κ2) is 7.87. The van der Waals surface area contributed by atoms with E-state index in [-0.39, 0.29) is 0 Å². The molecule has 0 amide bonds. The lowest BCUT2D eigenvalue weighted by atomic mass is 10.2. The largest absolute Gasteiger partial charge is 0.493 e. The number of aliphatic imine (C=N–C) groups is 1. The fourth-order valence-corrected chi connectivity index (χ4v) is 3.71. The van der Waals surface area contributed by atoms with Crippen LogP contribution in [0.25, 0.3) is 0 Å². The van der Waals surface area contributed by atoms with E-state index in [0.29, 0.717) is 33.2 Å². The molecule has 3 nitrogen and oxygen atoms in total. The van der Waals surface area contributed by atoms with Gasteiger partial charge in [-0.1, -0.05) is 40.9 Å². The Hall–Kier alpha value is -1.07. The molecule has 1 heterocycles. The quantitative estimate of drug-likeness (QED) is 0.640. The monoisotopic (exact) mass is 401 g/mol. The number of halogens is 3. The highest BCUT2D eigenvalue weighted by Crippen LogP contribution is 2.38. The van der Waals surface area contributed by atoms with Crippen LogP contribution in [-0.4, -0.2) is 24.5 Å². The zero-order valence-electron chi connectivity index (χ0n) is 12.8. The van der Waals surface area contributed by atoms with E-state index in [0.717, 1.165) is 28.5 Å². The van der Waals surface area contributed by atoms with Crippen LogP contribution >= 0.6 is 46.6 Å². The third-order valence-electron chi connectivity index (χ3n) is 3.43. The fraction of sp³-hybridized carbons (Fsp3) is 0.235. The summed E-state index contributed by atoms with van der Waals surface area (Å²) in [5.74, 6) is 2.07. The van der Waals surface area contributed by atoms with Gasteiger partial charge in [0.15, 0.2) is 11.5 Å². The standard InChI is InChI=1S/C17H14Cl3NO2S/c1-22-15-8-11(17-21-4-5-24-17)7-14(20)16(15)23-9-10-2-3-12(18)13(19)6-10/h2-3,6-8H,4-5,9H2,1H3. The lowest BCUT2D eigenvalue weighted by Gasteiger charge is -2.14. The van der Waals surface area contributed by atoms with Crippen molar-refractivity contribution in [3.8, 4) is 11.5 Å². The molecule has 0 fully saturated rings. The Morgan fingerprint density at radius 2 is 1.92 bits per heavy atom. The molecule has 0 bridgehead atoms. The first-order valence-electron chi connectivity index (χ1n) is 7.20. The Kier molecular flexibility index (Phi) is 5.82. The number of hydrogen-bond donors (Lipinski definition) is 0. The van der Waals surface area contributed by atoms with Gasteiger partial charge in [0.05, 0.1) is 27.2 Å². The topological polar surface area (TPSA) is 30.8 Å². The summed E-state index contributed by atoms with van der Waals surface area (Å²) < 4.78 is 11.3. The molecule has 7 heteroatoms. The predicted octanol–water partition coefficient (Wildman–Crippen LogP) is 5.73. The summed E-state index contributed by atoms with van der Waals surface area (Å²) in [6.07, 6.45) is 0. The molecule has 2 aromatic rings. The summed E-state index contributed by atoms with van der Waals surface area (Å²) in [7, 11) is 1.59. The Balaban J connectivity index is 1.83. The Labute approximate surface area is 159 Å². The van der Waals surface area contributed by atoms with Crippen molar-refractivity contribution in [1.82, 2.24) is 0 Å². The zero-order valence-corrected chi connectivity index (χ0v) is 15.9. The number of ether oxygens (including phenoxy) is 2. The molecule has 1 aliphatic rings. The molecule has 2 aromatic carbocycles. The SMILES string of the molecule is COc1cc(C2=NCCS2)cc(Cl)c1OCc1ccc(Cl)c(Cl)c1. The Bertz CT molecular complexity index is 796. The average Bonchev–Trinajstić information content (AvgIpc) is 3.10. The number of methoxy groups -OCH3 is 1. The molecule has 0 unspecified atom stereocenters. The molecular weight excluding hydrogens is 389 g/mol. The van der Waals surface area contributed by atoms with Crippen LogP contribution in [0.2, 0.25) is 15.1 Å². The smallest absolute Gasteiger partial charge is 0.180 e. The second-order valence-electron chi connectivity index (χ2n) is 5.06.